The molecule has 6 aliphatic rings. The van der Waals surface area contributed by atoms with E-state index in [2.05, 4.69) is 53.3 Å². The summed E-state index contributed by atoms with van der Waals surface area (Å²) in [4.78, 5) is 24.2. The van der Waals surface area contributed by atoms with Crippen LogP contribution in [0.3, 0.4) is 0 Å². The largest absolute Gasteiger partial charge is 0.346 e. The molecule has 0 aromatic carbocycles. The lowest BCUT2D eigenvalue weighted by atomic mass is 10.2. The average Bonchev–Trinajstić information content (AvgIpc) is 3.45. The molecule has 4 heterocycles. The van der Waals surface area contributed by atoms with E-state index < -0.39 is 0 Å². The smallest absolute Gasteiger partial charge is 0.132 e. The lowest BCUT2D eigenvalue weighted by Crippen LogP contribution is -2.16. The Kier molecular flexibility index (Phi) is 3.91. The van der Waals surface area contributed by atoms with Gasteiger partial charge >= 0.3 is 0 Å². The third-order valence-corrected chi connectivity index (χ3v) is 5.41. The average molecular weight is 416 g/mol. The fraction of sp³-hybridized carbons (Fsp3) is 0. The molecule has 0 saturated heterocycles. The fourth-order valence-corrected chi connectivity index (χ4v) is 3.88. The molecule has 0 aromatic rings. The van der Waals surface area contributed by atoms with Gasteiger partial charge in [-0.1, -0.05) is 25.3 Å². The molecule has 0 saturated carbocycles. The van der Waals surface area contributed by atoms with E-state index in [1.165, 1.54) is 0 Å². The molecule has 0 bridgehead atoms. The van der Waals surface area contributed by atoms with Gasteiger partial charge < -0.3 is 9.97 Å². The Labute approximate surface area is 180 Å². The van der Waals surface area contributed by atoms with Crippen LogP contribution in [0.4, 0.5) is 0 Å². The number of H-pyrrole nitrogens is 2. The summed E-state index contributed by atoms with van der Waals surface area (Å²) in [7, 11) is 0. The minimum absolute atomic E-state index is 0.605. The zero-order valence-corrected chi connectivity index (χ0v) is 16.9. The van der Waals surface area contributed by atoms with Crippen LogP contribution < -0.4 is 21.1 Å². The van der Waals surface area contributed by atoms with Crippen molar-refractivity contribution in [2.45, 2.75) is 0 Å². The Balaban J connectivity index is 1.54. The van der Waals surface area contributed by atoms with E-state index in [0.717, 1.165) is 42.3 Å². The normalized spacial score (nSPS) is 13.0. The number of fused-ring (bicyclic) bond motifs is 1. The van der Waals surface area contributed by atoms with Crippen molar-refractivity contribution in [2.24, 2.45) is 0 Å². The summed E-state index contributed by atoms with van der Waals surface area (Å²) < 4.78 is 0. The standard InChI is InChI=1S/C24H16N8/c1-13-3-5-16-22(13)18(29-11-27-16)7-15-9-26-24-20(31-32-21(24)10-25-15)8-19-23-14(2)4-6-17(23)28-12-30-19/h3-12H,1-2H2,(H,27,29)(H,28,30)/b18-7+,19-8+. The molecular formula is C24H16N8. The molecule has 152 valence electrons. The maximum Gasteiger partial charge on any atom is 0.132 e. The second-order valence-corrected chi connectivity index (χ2v) is 7.42. The monoisotopic (exact) mass is 416 g/mol. The number of aromatic nitrogens is 8. The number of aromatic amines is 2. The van der Waals surface area contributed by atoms with Crippen LogP contribution in [0.2, 0.25) is 0 Å². The summed E-state index contributed by atoms with van der Waals surface area (Å²) in [6.45, 7) is 8.17. The first kappa shape index (κ1) is 18.1. The van der Waals surface area contributed by atoms with Gasteiger partial charge in [0.05, 0.1) is 52.1 Å². The van der Waals surface area contributed by atoms with Crippen molar-refractivity contribution < 1.29 is 0 Å². The van der Waals surface area contributed by atoms with Gasteiger partial charge in [0.15, 0.2) is 0 Å². The molecular weight excluding hydrogens is 400 g/mol. The van der Waals surface area contributed by atoms with Gasteiger partial charge in [-0.2, -0.15) is 0 Å². The van der Waals surface area contributed by atoms with Crippen molar-refractivity contribution in [1.29, 1.82) is 0 Å². The number of hydrogen-bond donors (Lipinski definition) is 2. The molecule has 0 amide bonds. The van der Waals surface area contributed by atoms with Crippen LogP contribution in [0.1, 0.15) is 11.4 Å². The van der Waals surface area contributed by atoms with E-state index in [9.17, 15) is 0 Å². The maximum atomic E-state index is 4.64. The maximum absolute atomic E-state index is 4.64. The van der Waals surface area contributed by atoms with Crippen molar-refractivity contribution in [3.05, 3.63) is 103 Å². The summed E-state index contributed by atoms with van der Waals surface area (Å²) in [5, 5.41) is 15.7. The lowest BCUT2D eigenvalue weighted by Gasteiger charge is -1.92. The number of nitrogens with zero attached hydrogens (tertiary/aromatic N) is 6. The van der Waals surface area contributed by atoms with Crippen LogP contribution in [-0.4, -0.2) is 40.1 Å². The van der Waals surface area contributed by atoms with Crippen LogP contribution >= 0.6 is 0 Å². The van der Waals surface area contributed by atoms with Gasteiger partial charge in [0, 0.05) is 10.4 Å². The molecule has 0 atom stereocenters. The summed E-state index contributed by atoms with van der Waals surface area (Å²) in [6, 6.07) is 7.78. The van der Waals surface area contributed by atoms with Crippen molar-refractivity contribution in [1.82, 2.24) is 40.1 Å². The quantitative estimate of drug-likeness (QED) is 0.403. The van der Waals surface area contributed by atoms with E-state index in [1.807, 2.05) is 36.4 Å². The zero-order chi connectivity index (χ0) is 21.7. The Bertz CT molecular complexity index is 1940. The minimum Gasteiger partial charge on any atom is -0.346 e. The van der Waals surface area contributed by atoms with Gasteiger partial charge in [0.25, 0.3) is 0 Å². The molecule has 0 spiro atoms. The first-order valence-corrected chi connectivity index (χ1v) is 9.91. The SMILES string of the molecule is C=c1ccc2nc[nH]/c(=C/c3cnc4c(/C=c5/[nH]cnc6ccc(=C)c5=6)nnc-4cn3)c1=2. The Morgan fingerprint density at radius 1 is 0.688 bits per heavy atom. The predicted octanol–water partition coefficient (Wildman–Crippen LogP) is -0.255. The molecule has 4 aliphatic heterocycles. The highest BCUT2D eigenvalue weighted by molar-refractivity contribution is 5.67. The van der Waals surface area contributed by atoms with E-state index in [1.54, 1.807) is 25.0 Å². The first-order chi connectivity index (χ1) is 15.7. The van der Waals surface area contributed by atoms with E-state index >= 15 is 0 Å². The van der Waals surface area contributed by atoms with E-state index in [4.69, 9.17) is 0 Å². The molecule has 0 aromatic heterocycles. The highest BCUT2D eigenvalue weighted by Crippen LogP contribution is 2.18. The second kappa shape index (κ2) is 6.92. The van der Waals surface area contributed by atoms with Crippen molar-refractivity contribution in [2.75, 3.05) is 0 Å². The topological polar surface area (TPSA) is 109 Å². The van der Waals surface area contributed by atoms with Crippen molar-refractivity contribution in [3.63, 3.8) is 0 Å². The van der Waals surface area contributed by atoms with Crippen LogP contribution in [0.5, 0.6) is 0 Å². The Morgan fingerprint density at radius 2 is 1.34 bits per heavy atom. The van der Waals surface area contributed by atoms with Gasteiger partial charge in [-0.25, -0.2) is 15.0 Å². The third kappa shape index (κ3) is 2.85. The van der Waals surface area contributed by atoms with Gasteiger partial charge in [0.2, 0.25) is 0 Å². The lowest BCUT2D eigenvalue weighted by molar-refractivity contribution is 1.06. The fourth-order valence-electron chi connectivity index (χ4n) is 3.88. The molecule has 2 aliphatic carbocycles. The molecule has 32 heavy (non-hydrogen) atoms. The van der Waals surface area contributed by atoms with E-state index in [-0.39, 0.29) is 0 Å². The van der Waals surface area contributed by atoms with Crippen LogP contribution in [0.15, 0.2) is 49.3 Å². The van der Waals surface area contributed by atoms with Gasteiger partial charge in [0.1, 0.15) is 17.1 Å². The summed E-state index contributed by atoms with van der Waals surface area (Å²) in [6.07, 6.45) is 10.5. The molecule has 0 fully saturated rings. The molecule has 8 nitrogen and oxygen atoms in total. The van der Waals surface area contributed by atoms with Crippen LogP contribution in [0, 0.1) is 21.1 Å². The van der Waals surface area contributed by atoms with Crippen molar-refractivity contribution >= 4 is 25.3 Å². The summed E-state index contributed by atoms with van der Waals surface area (Å²) in [5.41, 5.74) is 2.57. The van der Waals surface area contributed by atoms with Gasteiger partial charge in [-0.3, -0.25) is 4.98 Å². The van der Waals surface area contributed by atoms with Gasteiger partial charge in [-0.05, 0) is 34.7 Å². The molecule has 8 heteroatoms. The molecule has 0 unspecified atom stereocenters. The zero-order valence-electron chi connectivity index (χ0n) is 16.9. The minimum atomic E-state index is 0.605. The van der Waals surface area contributed by atoms with Crippen LogP contribution in [0.25, 0.3) is 36.7 Å². The first-order valence-electron chi connectivity index (χ1n) is 9.91. The number of hydrogen-bond acceptors (Lipinski definition) is 6. The Hall–Kier alpha value is -4.72. The second-order valence-electron chi connectivity index (χ2n) is 7.42. The summed E-state index contributed by atoms with van der Waals surface area (Å²) >= 11 is 0. The predicted molar refractivity (Wildman–Crippen MR) is 119 cm³/mol. The molecule has 0 radical (unpaired) electrons. The Morgan fingerprint density at radius 3 is 2.03 bits per heavy atom. The van der Waals surface area contributed by atoms with E-state index in [0.29, 0.717) is 22.8 Å². The van der Waals surface area contributed by atoms with Crippen molar-refractivity contribution in [3.8, 4) is 11.4 Å². The highest BCUT2D eigenvalue weighted by Gasteiger charge is 2.13. The third-order valence-electron chi connectivity index (χ3n) is 5.41. The number of rotatable bonds is 2. The molecule has 2 N–H and O–H groups in total. The van der Waals surface area contributed by atoms with Gasteiger partial charge in [-0.15, -0.1) is 10.2 Å². The number of nitrogens with one attached hydrogen (secondary N) is 2. The van der Waals surface area contributed by atoms with Crippen LogP contribution in [-0.2, 0) is 0 Å². The highest BCUT2D eigenvalue weighted by atomic mass is 15.1. The summed E-state index contributed by atoms with van der Waals surface area (Å²) in [5.74, 6) is 0. The molecule has 6 rings (SSSR count).